The van der Waals surface area contributed by atoms with Gasteiger partial charge < -0.3 is 14.5 Å². The predicted molar refractivity (Wildman–Crippen MR) is 113 cm³/mol. The Morgan fingerprint density at radius 3 is 2.07 bits per heavy atom. The van der Waals surface area contributed by atoms with E-state index in [-0.39, 0.29) is 11.8 Å². The van der Waals surface area contributed by atoms with Gasteiger partial charge in [-0.25, -0.2) is 4.68 Å². The fraction of sp³-hybridized carbons (Fsp3) is 0.261. The molecule has 4 rings (SSSR count). The third-order valence-electron chi connectivity index (χ3n) is 5.36. The van der Waals surface area contributed by atoms with Gasteiger partial charge in [0.2, 0.25) is 0 Å². The largest absolute Gasteiger partial charge is 0.497 e. The number of carbonyl (C=O) groups excluding carboxylic acids is 2. The van der Waals surface area contributed by atoms with Crippen LogP contribution in [0.5, 0.6) is 5.75 Å². The second-order valence-electron chi connectivity index (χ2n) is 7.25. The number of aryl methyl sites for hydroxylation is 1. The van der Waals surface area contributed by atoms with Crippen molar-refractivity contribution >= 4 is 11.8 Å². The number of piperazine rings is 1. The highest BCUT2D eigenvalue weighted by molar-refractivity contribution is 5.96. The Morgan fingerprint density at radius 2 is 1.50 bits per heavy atom. The van der Waals surface area contributed by atoms with E-state index in [0.717, 1.165) is 11.4 Å². The maximum absolute atomic E-state index is 12.9. The van der Waals surface area contributed by atoms with Crippen LogP contribution in [-0.2, 0) is 0 Å². The lowest BCUT2D eigenvalue weighted by molar-refractivity contribution is 0.0535. The molecule has 30 heavy (non-hydrogen) atoms. The van der Waals surface area contributed by atoms with Crippen molar-refractivity contribution in [2.75, 3.05) is 33.3 Å². The molecule has 0 saturated carbocycles. The van der Waals surface area contributed by atoms with Crippen LogP contribution in [0.1, 0.15) is 26.4 Å². The molecule has 0 radical (unpaired) electrons. The standard InChI is InChI=1S/C23H24N4O3/c1-17-10-11-24-27(17)20-8-6-18(7-9-20)22(28)25-12-14-26(15-13-25)23(29)19-4-3-5-21(16-19)30-2/h3-11,16H,12-15H2,1-2H3. The number of aromatic nitrogens is 2. The van der Waals surface area contributed by atoms with Crippen molar-refractivity contribution < 1.29 is 14.3 Å². The number of benzene rings is 2. The van der Waals surface area contributed by atoms with Crippen LogP contribution < -0.4 is 4.74 Å². The number of amides is 2. The van der Waals surface area contributed by atoms with Crippen LogP contribution >= 0.6 is 0 Å². The first-order valence-electron chi connectivity index (χ1n) is 9.90. The van der Waals surface area contributed by atoms with Crippen molar-refractivity contribution in [1.29, 1.82) is 0 Å². The smallest absolute Gasteiger partial charge is 0.254 e. The van der Waals surface area contributed by atoms with E-state index in [1.165, 1.54) is 0 Å². The molecule has 2 aromatic carbocycles. The highest BCUT2D eigenvalue weighted by Gasteiger charge is 2.25. The minimum atomic E-state index is -0.0417. The van der Waals surface area contributed by atoms with Gasteiger partial charge in [-0.05, 0) is 55.5 Å². The molecular formula is C23H24N4O3. The summed E-state index contributed by atoms with van der Waals surface area (Å²) in [6, 6.07) is 16.5. The quantitative estimate of drug-likeness (QED) is 0.671. The number of nitrogens with zero attached hydrogens (tertiary/aromatic N) is 4. The third-order valence-corrected chi connectivity index (χ3v) is 5.36. The van der Waals surface area contributed by atoms with Crippen LogP contribution in [0, 0.1) is 6.92 Å². The van der Waals surface area contributed by atoms with E-state index in [4.69, 9.17) is 4.74 Å². The van der Waals surface area contributed by atoms with Gasteiger partial charge in [-0.3, -0.25) is 9.59 Å². The summed E-state index contributed by atoms with van der Waals surface area (Å²) >= 11 is 0. The summed E-state index contributed by atoms with van der Waals surface area (Å²) < 4.78 is 7.03. The zero-order chi connectivity index (χ0) is 21.1. The second kappa shape index (κ2) is 8.41. The molecule has 154 valence electrons. The van der Waals surface area contributed by atoms with E-state index in [9.17, 15) is 9.59 Å². The second-order valence-corrected chi connectivity index (χ2v) is 7.25. The number of rotatable bonds is 4. The predicted octanol–water partition coefficient (Wildman–Crippen LogP) is 2.79. The third kappa shape index (κ3) is 3.91. The summed E-state index contributed by atoms with van der Waals surface area (Å²) in [6.45, 7) is 4.01. The zero-order valence-corrected chi connectivity index (χ0v) is 17.1. The summed E-state index contributed by atoms with van der Waals surface area (Å²) in [6.07, 6.45) is 1.75. The van der Waals surface area contributed by atoms with Crippen LogP contribution in [0.3, 0.4) is 0 Å². The Kier molecular flexibility index (Phi) is 5.52. The molecule has 0 aliphatic carbocycles. The minimum absolute atomic E-state index is 0.0211. The van der Waals surface area contributed by atoms with Gasteiger partial charge in [-0.2, -0.15) is 5.10 Å². The van der Waals surface area contributed by atoms with E-state index < -0.39 is 0 Å². The lowest BCUT2D eigenvalue weighted by Crippen LogP contribution is -2.50. The summed E-state index contributed by atoms with van der Waals surface area (Å²) in [4.78, 5) is 29.2. The first-order valence-corrected chi connectivity index (χ1v) is 9.90. The van der Waals surface area contributed by atoms with Crippen molar-refractivity contribution in [3.8, 4) is 11.4 Å². The minimum Gasteiger partial charge on any atom is -0.497 e. The van der Waals surface area contributed by atoms with E-state index in [0.29, 0.717) is 43.1 Å². The van der Waals surface area contributed by atoms with Crippen molar-refractivity contribution in [1.82, 2.24) is 19.6 Å². The van der Waals surface area contributed by atoms with Gasteiger partial charge in [0.15, 0.2) is 0 Å². The van der Waals surface area contributed by atoms with Gasteiger partial charge in [0, 0.05) is 49.2 Å². The lowest BCUT2D eigenvalue weighted by Gasteiger charge is -2.35. The maximum Gasteiger partial charge on any atom is 0.254 e. The fourth-order valence-electron chi connectivity index (χ4n) is 3.62. The molecule has 1 saturated heterocycles. The number of ether oxygens (including phenoxy) is 1. The monoisotopic (exact) mass is 404 g/mol. The van der Waals surface area contributed by atoms with Gasteiger partial charge in [0.1, 0.15) is 5.75 Å². The average molecular weight is 404 g/mol. The molecule has 7 heteroatoms. The van der Waals surface area contributed by atoms with Gasteiger partial charge in [-0.15, -0.1) is 0 Å². The number of hydrogen-bond donors (Lipinski definition) is 0. The normalized spacial score (nSPS) is 13.9. The summed E-state index contributed by atoms with van der Waals surface area (Å²) in [7, 11) is 1.58. The van der Waals surface area contributed by atoms with Crippen molar-refractivity contribution in [3.63, 3.8) is 0 Å². The van der Waals surface area contributed by atoms with Gasteiger partial charge in [-0.1, -0.05) is 6.07 Å². The molecule has 0 atom stereocenters. The molecular weight excluding hydrogens is 380 g/mol. The number of hydrogen-bond acceptors (Lipinski definition) is 4. The molecule has 1 fully saturated rings. The van der Waals surface area contributed by atoms with E-state index >= 15 is 0 Å². The van der Waals surface area contributed by atoms with Crippen molar-refractivity contribution in [2.24, 2.45) is 0 Å². The van der Waals surface area contributed by atoms with Crippen LogP contribution in [-0.4, -0.2) is 64.7 Å². The Morgan fingerprint density at radius 1 is 0.867 bits per heavy atom. The molecule has 1 aromatic heterocycles. The lowest BCUT2D eigenvalue weighted by atomic mass is 10.1. The highest BCUT2D eigenvalue weighted by Crippen LogP contribution is 2.17. The molecule has 0 N–H and O–H groups in total. The SMILES string of the molecule is COc1cccc(C(=O)N2CCN(C(=O)c3ccc(-n4nccc4C)cc3)CC2)c1. The fourth-order valence-corrected chi connectivity index (χ4v) is 3.62. The van der Waals surface area contributed by atoms with E-state index in [1.807, 2.05) is 48.0 Å². The van der Waals surface area contributed by atoms with E-state index in [2.05, 4.69) is 5.10 Å². The highest BCUT2D eigenvalue weighted by atomic mass is 16.5. The molecule has 0 spiro atoms. The molecule has 0 unspecified atom stereocenters. The van der Waals surface area contributed by atoms with Crippen LogP contribution in [0.15, 0.2) is 60.8 Å². The van der Waals surface area contributed by atoms with Gasteiger partial charge in [0.05, 0.1) is 12.8 Å². The van der Waals surface area contributed by atoms with Crippen molar-refractivity contribution in [2.45, 2.75) is 6.92 Å². The van der Waals surface area contributed by atoms with E-state index in [1.54, 1.807) is 41.3 Å². The molecule has 2 amide bonds. The van der Waals surface area contributed by atoms with Crippen molar-refractivity contribution in [3.05, 3.63) is 77.6 Å². The van der Waals surface area contributed by atoms with Gasteiger partial charge in [0.25, 0.3) is 11.8 Å². The summed E-state index contributed by atoms with van der Waals surface area (Å²) in [5.74, 6) is 0.593. The Hall–Kier alpha value is -3.61. The first kappa shape index (κ1) is 19.7. The molecule has 1 aliphatic heterocycles. The molecule has 3 aromatic rings. The summed E-state index contributed by atoms with van der Waals surface area (Å²) in [5, 5.41) is 4.29. The first-order chi connectivity index (χ1) is 14.6. The molecule has 0 bridgehead atoms. The number of carbonyl (C=O) groups is 2. The Labute approximate surface area is 175 Å². The molecule has 7 nitrogen and oxygen atoms in total. The van der Waals surface area contributed by atoms with Crippen LogP contribution in [0.4, 0.5) is 0 Å². The van der Waals surface area contributed by atoms with Crippen LogP contribution in [0.25, 0.3) is 5.69 Å². The van der Waals surface area contributed by atoms with Crippen LogP contribution in [0.2, 0.25) is 0 Å². The summed E-state index contributed by atoms with van der Waals surface area (Å²) in [5.41, 5.74) is 3.18. The number of methoxy groups -OCH3 is 1. The zero-order valence-electron chi connectivity index (χ0n) is 17.1. The Balaban J connectivity index is 1.38. The maximum atomic E-state index is 12.9. The Bertz CT molecular complexity index is 1050. The topological polar surface area (TPSA) is 67.7 Å². The van der Waals surface area contributed by atoms with Gasteiger partial charge >= 0.3 is 0 Å². The molecule has 2 heterocycles. The molecule has 1 aliphatic rings. The average Bonchev–Trinajstić information content (AvgIpc) is 3.24.